The van der Waals surface area contributed by atoms with E-state index in [2.05, 4.69) is 149 Å². The Morgan fingerprint density at radius 1 is 0.290 bits per heavy atom. The second kappa shape index (κ2) is 72.5. The van der Waals surface area contributed by atoms with Gasteiger partial charge in [-0.15, -0.1) is 0 Å². The van der Waals surface area contributed by atoms with Crippen LogP contribution in [0, 0.1) is 0 Å². The van der Waals surface area contributed by atoms with Crippen LogP contribution in [0.5, 0.6) is 0 Å². The number of phosphoric acid groups is 2. The Kier molecular flexibility index (Phi) is 69.1. The molecule has 0 bridgehead atoms. The number of aliphatic hydroxyl groups excluding tert-OH is 1. The zero-order valence-corrected chi connectivity index (χ0v) is 64.1. The van der Waals surface area contributed by atoms with Gasteiger partial charge in [-0.2, -0.15) is 0 Å². The third-order valence-electron chi connectivity index (χ3n) is 15.6. The Morgan fingerprint density at radius 3 is 0.840 bits per heavy atom. The van der Waals surface area contributed by atoms with Gasteiger partial charge in [-0.1, -0.05) is 277 Å². The molecule has 0 aliphatic heterocycles. The summed E-state index contributed by atoms with van der Waals surface area (Å²) in [7, 11) is -9.97. The molecule has 0 fully saturated rings. The number of hydrogen-bond donors (Lipinski definition) is 3. The third kappa shape index (κ3) is 71.6. The van der Waals surface area contributed by atoms with E-state index in [0.717, 1.165) is 173 Å². The van der Waals surface area contributed by atoms with E-state index in [1.165, 1.54) is 38.5 Å². The lowest BCUT2D eigenvalue weighted by atomic mass is 10.1. The molecule has 100 heavy (non-hydrogen) atoms. The number of hydrogen-bond acceptors (Lipinski definition) is 15. The van der Waals surface area contributed by atoms with Crippen molar-refractivity contribution in [2.24, 2.45) is 0 Å². The van der Waals surface area contributed by atoms with Gasteiger partial charge in [-0.05, 0) is 128 Å². The van der Waals surface area contributed by atoms with Crippen molar-refractivity contribution in [2.75, 3.05) is 39.6 Å². The van der Waals surface area contributed by atoms with Crippen LogP contribution in [0.1, 0.15) is 297 Å². The van der Waals surface area contributed by atoms with Gasteiger partial charge in [0.1, 0.15) is 19.3 Å². The van der Waals surface area contributed by atoms with Gasteiger partial charge < -0.3 is 33.8 Å². The summed E-state index contributed by atoms with van der Waals surface area (Å²) < 4.78 is 68.4. The molecule has 0 aliphatic rings. The lowest BCUT2D eigenvalue weighted by Crippen LogP contribution is -2.30. The largest absolute Gasteiger partial charge is 0.472 e. The highest BCUT2D eigenvalue weighted by atomic mass is 31.2. The van der Waals surface area contributed by atoms with Gasteiger partial charge in [-0.3, -0.25) is 37.3 Å². The van der Waals surface area contributed by atoms with Crippen LogP contribution in [-0.2, 0) is 65.4 Å². The van der Waals surface area contributed by atoms with Crippen molar-refractivity contribution in [2.45, 2.75) is 316 Å². The van der Waals surface area contributed by atoms with E-state index in [4.69, 9.17) is 37.0 Å². The minimum absolute atomic E-state index is 0.0694. The van der Waals surface area contributed by atoms with E-state index in [0.29, 0.717) is 32.1 Å². The number of unbranched alkanes of at least 4 members (excludes halogenated alkanes) is 23. The molecule has 0 radical (unpaired) electrons. The normalized spacial score (nSPS) is 14.7. The van der Waals surface area contributed by atoms with Crippen LogP contribution in [0.25, 0.3) is 0 Å². The highest BCUT2D eigenvalue weighted by molar-refractivity contribution is 7.47. The smallest absolute Gasteiger partial charge is 0.462 e. The summed E-state index contributed by atoms with van der Waals surface area (Å²) in [6.45, 7) is 4.44. The van der Waals surface area contributed by atoms with Gasteiger partial charge >= 0.3 is 39.5 Å². The van der Waals surface area contributed by atoms with Crippen LogP contribution >= 0.6 is 15.6 Å². The van der Waals surface area contributed by atoms with Crippen molar-refractivity contribution in [3.05, 3.63) is 134 Å². The summed E-state index contributed by atoms with van der Waals surface area (Å²) in [5, 5.41) is 10.6. The van der Waals surface area contributed by atoms with Gasteiger partial charge in [0.15, 0.2) is 12.2 Å². The lowest BCUT2D eigenvalue weighted by Gasteiger charge is -2.21. The molecule has 0 amide bonds. The standard InChI is InChI=1S/C81H136O17P2/c1-5-9-13-17-21-25-29-32-35-37-40-42-46-49-53-57-61-65-78(83)91-71-76(97-80(85)67-63-59-55-51-45-28-24-20-16-12-8-4)73-95-99(87,88)93-69-75(82)70-94-100(89,90)96-74-77(98-81(86)68-64-60-56-52-48-44-39-34-31-27-23-19-15-11-7-3)72-92-79(84)66-62-58-54-50-47-43-41-38-36-33-30-26-22-18-14-10-6-2/h9-11,13-15,21-23,25-27,32-36,39-40,42,49,53,75-77,82H,5-8,12,16-20,24,28-31,37-38,41,43-48,50-52,54-74H2,1-4H3,(H,87,88)(H,89,90)/b13-9-,14-10-,15-11-,25-21-,26-22-,27-23-,35-32-,36-33-,39-34-,42-40-,53-49-. The van der Waals surface area contributed by atoms with Crippen LogP contribution in [0.4, 0.5) is 0 Å². The fourth-order valence-corrected chi connectivity index (χ4v) is 11.5. The molecule has 5 atom stereocenters. The first-order valence-corrected chi connectivity index (χ1v) is 41.4. The summed E-state index contributed by atoms with van der Waals surface area (Å²) >= 11 is 0. The molecule has 572 valence electrons. The maximum atomic E-state index is 13.1. The average Bonchev–Trinajstić information content (AvgIpc) is 0.989. The van der Waals surface area contributed by atoms with Crippen LogP contribution in [0.15, 0.2) is 134 Å². The molecule has 19 heteroatoms. The second-order valence-electron chi connectivity index (χ2n) is 25.2. The number of rotatable bonds is 71. The molecule has 0 rings (SSSR count). The molecule has 0 aromatic rings. The summed E-state index contributed by atoms with van der Waals surface area (Å²) in [6.07, 6.45) is 80.2. The third-order valence-corrected chi connectivity index (χ3v) is 17.5. The van der Waals surface area contributed by atoms with Gasteiger partial charge in [0.05, 0.1) is 26.4 Å². The zero-order chi connectivity index (χ0) is 73.2. The first-order valence-electron chi connectivity index (χ1n) is 38.4. The zero-order valence-electron chi connectivity index (χ0n) is 62.3. The second-order valence-corrected chi connectivity index (χ2v) is 28.1. The highest BCUT2D eigenvalue weighted by Gasteiger charge is 2.30. The summed E-state index contributed by atoms with van der Waals surface area (Å²) in [4.78, 5) is 72.8. The first kappa shape index (κ1) is 95.2. The molecule has 0 saturated heterocycles. The average molecular weight is 1440 g/mol. The van der Waals surface area contributed by atoms with Crippen LogP contribution in [-0.4, -0.2) is 96.7 Å². The van der Waals surface area contributed by atoms with Crippen molar-refractivity contribution in [1.29, 1.82) is 0 Å². The van der Waals surface area contributed by atoms with Crippen LogP contribution in [0.3, 0.4) is 0 Å². The molecule has 0 heterocycles. The maximum Gasteiger partial charge on any atom is 0.472 e. The van der Waals surface area contributed by atoms with Gasteiger partial charge in [0.25, 0.3) is 0 Å². The molecule has 0 spiro atoms. The monoisotopic (exact) mass is 1440 g/mol. The Bertz CT molecular complexity index is 2420. The number of ether oxygens (including phenoxy) is 4. The summed E-state index contributed by atoms with van der Waals surface area (Å²) in [5.41, 5.74) is 0. The van der Waals surface area contributed by atoms with E-state index in [1.807, 2.05) is 12.2 Å². The number of carbonyl (C=O) groups excluding carboxylic acids is 4. The first-order chi connectivity index (χ1) is 48.7. The van der Waals surface area contributed by atoms with E-state index >= 15 is 0 Å². The minimum atomic E-state index is -4.99. The molecule has 17 nitrogen and oxygen atoms in total. The molecular weight excluding hydrogens is 1310 g/mol. The van der Waals surface area contributed by atoms with Crippen molar-refractivity contribution < 1.29 is 80.2 Å². The maximum absolute atomic E-state index is 13.1. The quantitative estimate of drug-likeness (QED) is 0.0169. The van der Waals surface area contributed by atoms with Gasteiger partial charge in [-0.25, -0.2) is 9.13 Å². The number of phosphoric ester groups is 2. The summed E-state index contributed by atoms with van der Waals surface area (Å²) in [6, 6.07) is 0. The number of allylic oxidation sites excluding steroid dienone is 22. The summed E-state index contributed by atoms with van der Waals surface area (Å²) in [5.74, 6) is -2.27. The number of carbonyl (C=O) groups is 4. The fraction of sp³-hybridized carbons (Fsp3) is 0.679. The predicted octanol–water partition coefficient (Wildman–Crippen LogP) is 22.1. The van der Waals surface area contributed by atoms with E-state index in [9.17, 15) is 43.2 Å². The fourth-order valence-electron chi connectivity index (χ4n) is 9.87. The lowest BCUT2D eigenvalue weighted by molar-refractivity contribution is -0.161. The number of esters is 4. The van der Waals surface area contributed by atoms with E-state index in [1.54, 1.807) is 0 Å². The Morgan fingerprint density at radius 2 is 0.530 bits per heavy atom. The highest BCUT2D eigenvalue weighted by Crippen LogP contribution is 2.45. The van der Waals surface area contributed by atoms with Crippen LogP contribution in [0.2, 0.25) is 0 Å². The Hall–Kier alpha value is -4.80. The van der Waals surface area contributed by atoms with Crippen molar-refractivity contribution >= 4 is 39.5 Å². The topological polar surface area (TPSA) is 237 Å². The van der Waals surface area contributed by atoms with Gasteiger partial charge in [0.2, 0.25) is 0 Å². The van der Waals surface area contributed by atoms with Gasteiger partial charge in [0, 0.05) is 25.7 Å². The molecule has 0 aromatic heterocycles. The van der Waals surface area contributed by atoms with Crippen molar-refractivity contribution in [1.82, 2.24) is 0 Å². The predicted molar refractivity (Wildman–Crippen MR) is 408 cm³/mol. The Labute approximate surface area is 605 Å². The molecule has 5 unspecified atom stereocenters. The molecular formula is C81H136O17P2. The molecule has 0 aliphatic carbocycles. The van der Waals surface area contributed by atoms with Crippen LogP contribution < -0.4 is 0 Å². The molecule has 3 N–H and O–H groups in total. The Balaban J connectivity index is 5.39. The van der Waals surface area contributed by atoms with Crippen molar-refractivity contribution in [3.63, 3.8) is 0 Å². The minimum Gasteiger partial charge on any atom is -0.462 e. The molecule has 0 saturated carbocycles. The molecule has 0 aromatic carbocycles. The van der Waals surface area contributed by atoms with Crippen molar-refractivity contribution in [3.8, 4) is 0 Å². The SMILES string of the molecule is CC/C=C\C/C=C\C/C=C\C/C=C\C/C=C\CCCC(=O)OCC(COP(=O)(O)OCC(O)COP(=O)(O)OCC(COC(=O)CCCCCCCCC/C=C\C/C=C\C/C=C\CC)OC(=O)CCCCCCC/C=C\C/C=C\C/C=C\CC)OC(=O)CCCCCCCCCCCCC. The van der Waals surface area contributed by atoms with E-state index < -0.39 is 97.5 Å². The van der Waals surface area contributed by atoms with E-state index in [-0.39, 0.29) is 25.7 Å². The number of aliphatic hydroxyl groups is 1.